The Bertz CT molecular complexity index is 700. The number of primary amides is 1. The van der Waals surface area contributed by atoms with Crippen LogP contribution in [0.15, 0.2) is 17.0 Å². The molecule has 1 aliphatic heterocycles. The van der Waals surface area contributed by atoms with Gasteiger partial charge in [-0.05, 0) is 50.5 Å². The Labute approximate surface area is 125 Å². The molecule has 0 radical (unpaired) electrons. The fourth-order valence-corrected chi connectivity index (χ4v) is 4.48. The molecular weight excluding hydrogens is 290 g/mol. The molecule has 1 amide bonds. The van der Waals surface area contributed by atoms with Gasteiger partial charge in [-0.25, -0.2) is 8.42 Å². The van der Waals surface area contributed by atoms with Gasteiger partial charge in [0.1, 0.15) is 0 Å². The third-order valence-electron chi connectivity index (χ3n) is 4.29. The molecule has 116 valence electrons. The van der Waals surface area contributed by atoms with E-state index in [1.54, 1.807) is 19.9 Å². The van der Waals surface area contributed by atoms with Crippen LogP contribution in [0, 0.1) is 19.3 Å². The molecule has 1 aliphatic rings. The summed E-state index contributed by atoms with van der Waals surface area (Å²) in [5, 5.41) is 0. The molecular formula is C14H21N3O3S. The molecule has 0 saturated carbocycles. The minimum atomic E-state index is -3.67. The summed E-state index contributed by atoms with van der Waals surface area (Å²) in [7, 11) is -3.67. The van der Waals surface area contributed by atoms with Crippen molar-refractivity contribution in [3.05, 3.63) is 23.3 Å². The molecule has 6 nitrogen and oxygen atoms in total. The standard InChI is InChI=1S/C14H21N3O3S/c1-9-6-11(15)7-12(10(9)2)21(19,20)17-5-4-14(3,8-17)13(16)18/h6-7H,4-5,8,15H2,1-3H3,(H2,16,18). The van der Waals surface area contributed by atoms with E-state index >= 15 is 0 Å². The summed E-state index contributed by atoms with van der Waals surface area (Å²) in [4.78, 5) is 11.7. The number of amides is 1. The number of sulfonamides is 1. The Hall–Kier alpha value is -1.60. The van der Waals surface area contributed by atoms with Gasteiger partial charge >= 0.3 is 0 Å². The van der Waals surface area contributed by atoms with Crippen molar-refractivity contribution < 1.29 is 13.2 Å². The average Bonchev–Trinajstić information content (AvgIpc) is 2.78. The summed E-state index contributed by atoms with van der Waals surface area (Å²) < 4.78 is 26.9. The first kappa shape index (κ1) is 15.8. The SMILES string of the molecule is Cc1cc(N)cc(S(=O)(=O)N2CCC(C)(C(N)=O)C2)c1C. The van der Waals surface area contributed by atoms with E-state index in [0.29, 0.717) is 17.7 Å². The largest absolute Gasteiger partial charge is 0.399 e. The van der Waals surface area contributed by atoms with Crippen LogP contribution in [0.5, 0.6) is 0 Å². The van der Waals surface area contributed by atoms with Crippen molar-refractivity contribution in [1.82, 2.24) is 4.31 Å². The van der Waals surface area contributed by atoms with Gasteiger partial charge in [-0.1, -0.05) is 0 Å². The second kappa shape index (κ2) is 4.99. The van der Waals surface area contributed by atoms with Crippen molar-refractivity contribution in [2.45, 2.75) is 32.1 Å². The summed E-state index contributed by atoms with van der Waals surface area (Å²) >= 11 is 0. The normalized spacial score (nSPS) is 23.4. The van der Waals surface area contributed by atoms with Crippen LogP contribution in [0.4, 0.5) is 5.69 Å². The third kappa shape index (κ3) is 2.63. The van der Waals surface area contributed by atoms with Gasteiger partial charge in [0.15, 0.2) is 0 Å². The number of carbonyl (C=O) groups excluding carboxylic acids is 1. The molecule has 0 spiro atoms. The molecule has 7 heteroatoms. The number of nitrogen functional groups attached to an aromatic ring is 1. The number of nitrogens with zero attached hydrogens (tertiary/aromatic N) is 1. The van der Waals surface area contributed by atoms with Crippen LogP contribution in [0.3, 0.4) is 0 Å². The number of hydrogen-bond donors (Lipinski definition) is 2. The molecule has 1 atom stereocenters. The van der Waals surface area contributed by atoms with Gasteiger partial charge in [-0.3, -0.25) is 4.79 Å². The molecule has 1 unspecified atom stereocenters. The van der Waals surface area contributed by atoms with Crippen molar-refractivity contribution in [2.75, 3.05) is 18.8 Å². The molecule has 1 aromatic carbocycles. The van der Waals surface area contributed by atoms with E-state index in [1.165, 1.54) is 10.4 Å². The number of anilines is 1. The fourth-order valence-electron chi connectivity index (χ4n) is 2.59. The van der Waals surface area contributed by atoms with Crippen LogP contribution >= 0.6 is 0 Å². The van der Waals surface area contributed by atoms with Gasteiger partial charge in [-0.15, -0.1) is 0 Å². The Balaban J connectivity index is 2.43. The molecule has 0 aromatic heterocycles. The highest BCUT2D eigenvalue weighted by Gasteiger charge is 2.44. The number of nitrogens with two attached hydrogens (primary N) is 2. The summed E-state index contributed by atoms with van der Waals surface area (Å²) in [6.07, 6.45) is 0.432. The van der Waals surface area contributed by atoms with E-state index < -0.39 is 21.3 Å². The number of benzene rings is 1. The Morgan fingerprint density at radius 3 is 2.48 bits per heavy atom. The van der Waals surface area contributed by atoms with Gasteiger partial charge < -0.3 is 11.5 Å². The van der Waals surface area contributed by atoms with E-state index in [0.717, 1.165) is 5.56 Å². The predicted molar refractivity (Wildman–Crippen MR) is 81.0 cm³/mol. The van der Waals surface area contributed by atoms with Crippen molar-refractivity contribution >= 4 is 21.6 Å². The van der Waals surface area contributed by atoms with Crippen molar-refractivity contribution in [2.24, 2.45) is 11.1 Å². The highest BCUT2D eigenvalue weighted by molar-refractivity contribution is 7.89. The molecule has 1 heterocycles. The van der Waals surface area contributed by atoms with Crippen molar-refractivity contribution in [1.29, 1.82) is 0 Å². The number of hydrogen-bond acceptors (Lipinski definition) is 4. The first-order valence-corrected chi connectivity index (χ1v) is 8.19. The second-order valence-electron chi connectivity index (χ2n) is 5.97. The van der Waals surface area contributed by atoms with Crippen LogP contribution in [0.2, 0.25) is 0 Å². The lowest BCUT2D eigenvalue weighted by Crippen LogP contribution is -2.38. The molecule has 1 saturated heterocycles. The first-order chi connectivity index (χ1) is 9.58. The van der Waals surface area contributed by atoms with Crippen LogP contribution in [0.25, 0.3) is 0 Å². The van der Waals surface area contributed by atoms with Crippen LogP contribution < -0.4 is 11.5 Å². The number of rotatable bonds is 3. The highest BCUT2D eigenvalue weighted by Crippen LogP contribution is 2.34. The molecule has 0 bridgehead atoms. The zero-order valence-electron chi connectivity index (χ0n) is 12.5. The Morgan fingerprint density at radius 2 is 1.95 bits per heavy atom. The van der Waals surface area contributed by atoms with Gasteiger partial charge in [0, 0.05) is 18.8 Å². The van der Waals surface area contributed by atoms with Gasteiger partial charge in [0.2, 0.25) is 15.9 Å². The van der Waals surface area contributed by atoms with Gasteiger partial charge in [0.25, 0.3) is 0 Å². The zero-order chi connectivity index (χ0) is 16.0. The zero-order valence-corrected chi connectivity index (χ0v) is 13.3. The lowest BCUT2D eigenvalue weighted by molar-refractivity contribution is -0.126. The van der Waals surface area contributed by atoms with Crippen molar-refractivity contribution in [3.63, 3.8) is 0 Å². The van der Waals surface area contributed by atoms with Crippen LogP contribution in [0.1, 0.15) is 24.5 Å². The molecule has 2 rings (SSSR count). The summed E-state index contributed by atoms with van der Waals surface area (Å²) in [5.41, 5.74) is 12.2. The highest BCUT2D eigenvalue weighted by atomic mass is 32.2. The quantitative estimate of drug-likeness (QED) is 0.804. The summed E-state index contributed by atoms with van der Waals surface area (Å²) in [6, 6.07) is 3.21. The molecule has 21 heavy (non-hydrogen) atoms. The van der Waals surface area contributed by atoms with E-state index in [1.807, 2.05) is 6.92 Å². The van der Waals surface area contributed by atoms with Crippen molar-refractivity contribution in [3.8, 4) is 0 Å². The van der Waals surface area contributed by atoms with Gasteiger partial charge in [-0.2, -0.15) is 4.31 Å². The minimum absolute atomic E-state index is 0.109. The number of carbonyl (C=O) groups is 1. The second-order valence-corrected chi connectivity index (χ2v) is 7.88. The van der Waals surface area contributed by atoms with E-state index in [2.05, 4.69) is 0 Å². The minimum Gasteiger partial charge on any atom is -0.399 e. The van der Waals surface area contributed by atoms with E-state index in [-0.39, 0.29) is 18.0 Å². The van der Waals surface area contributed by atoms with E-state index in [9.17, 15) is 13.2 Å². The Morgan fingerprint density at radius 1 is 1.33 bits per heavy atom. The summed E-state index contributed by atoms with van der Waals surface area (Å²) in [5.74, 6) is -0.472. The predicted octanol–water partition coefficient (Wildman–Crippen LogP) is 0.772. The first-order valence-electron chi connectivity index (χ1n) is 6.75. The van der Waals surface area contributed by atoms with Gasteiger partial charge in [0.05, 0.1) is 10.3 Å². The maximum absolute atomic E-state index is 12.8. The monoisotopic (exact) mass is 311 g/mol. The molecule has 0 aliphatic carbocycles. The third-order valence-corrected chi connectivity index (χ3v) is 6.26. The summed E-state index contributed by atoms with van der Waals surface area (Å²) in [6.45, 7) is 5.67. The maximum atomic E-state index is 12.8. The molecule has 1 fully saturated rings. The lowest BCUT2D eigenvalue weighted by atomic mass is 9.89. The van der Waals surface area contributed by atoms with Crippen LogP contribution in [-0.2, 0) is 14.8 Å². The average molecular weight is 311 g/mol. The molecule has 4 N–H and O–H groups in total. The van der Waals surface area contributed by atoms with Crippen LogP contribution in [-0.4, -0.2) is 31.7 Å². The maximum Gasteiger partial charge on any atom is 0.243 e. The fraction of sp³-hybridized carbons (Fsp3) is 0.500. The number of aryl methyl sites for hydroxylation is 1. The smallest absolute Gasteiger partial charge is 0.243 e. The van der Waals surface area contributed by atoms with E-state index in [4.69, 9.17) is 11.5 Å². The lowest BCUT2D eigenvalue weighted by Gasteiger charge is -2.22. The molecule has 1 aromatic rings. The topological polar surface area (TPSA) is 106 Å². The Kier molecular flexibility index (Phi) is 3.75.